The van der Waals surface area contributed by atoms with Crippen molar-refractivity contribution < 1.29 is 22.7 Å². The second kappa shape index (κ2) is 6.04. The first-order valence-corrected chi connectivity index (χ1v) is 7.62. The van der Waals surface area contributed by atoms with Crippen molar-refractivity contribution in [1.82, 2.24) is 15.3 Å². The summed E-state index contributed by atoms with van der Waals surface area (Å²) in [5, 5.41) is 2.78. The van der Waals surface area contributed by atoms with E-state index in [0.29, 0.717) is 17.7 Å². The van der Waals surface area contributed by atoms with E-state index in [1.54, 1.807) is 6.07 Å². The summed E-state index contributed by atoms with van der Waals surface area (Å²) in [6.45, 7) is 4.07. The first kappa shape index (κ1) is 17.8. The molecule has 1 fully saturated rings. The molecule has 1 saturated heterocycles. The lowest BCUT2D eigenvalue weighted by Gasteiger charge is -2.17. The zero-order valence-corrected chi connectivity index (χ0v) is 14.0. The lowest BCUT2D eigenvalue weighted by Crippen LogP contribution is -2.36. The Bertz CT molecular complexity index is 854. The maximum atomic E-state index is 12.4. The number of hydrogen-bond donors (Lipinski definition) is 2. The number of rotatable bonds is 3. The van der Waals surface area contributed by atoms with Crippen LogP contribution in [0.5, 0.6) is 5.75 Å². The summed E-state index contributed by atoms with van der Waals surface area (Å²) in [5.41, 5.74) is 6.20. The van der Waals surface area contributed by atoms with Gasteiger partial charge in [-0.05, 0) is 31.5 Å². The summed E-state index contributed by atoms with van der Waals surface area (Å²) >= 11 is 0. The molecule has 1 aliphatic heterocycles. The Morgan fingerprint density at radius 3 is 2.65 bits per heavy atom. The van der Waals surface area contributed by atoms with Crippen LogP contribution < -0.4 is 20.7 Å². The van der Waals surface area contributed by atoms with Crippen LogP contribution in [0.2, 0.25) is 0 Å². The molecule has 2 heterocycles. The first-order chi connectivity index (χ1) is 12.0. The van der Waals surface area contributed by atoms with Crippen molar-refractivity contribution in [2.75, 3.05) is 17.2 Å². The Labute approximate surface area is 147 Å². The minimum atomic E-state index is -4.79. The van der Waals surface area contributed by atoms with E-state index < -0.39 is 11.9 Å². The highest BCUT2D eigenvalue weighted by atomic mass is 19.4. The number of benzene rings is 1. The number of carbonyl (C=O) groups is 1. The molecule has 0 saturated carbocycles. The molecule has 3 N–H and O–H groups in total. The predicted molar refractivity (Wildman–Crippen MR) is 88.5 cm³/mol. The van der Waals surface area contributed by atoms with Gasteiger partial charge in [-0.1, -0.05) is 12.1 Å². The van der Waals surface area contributed by atoms with Gasteiger partial charge in [0.05, 0.1) is 12.1 Å². The molecular formula is C16H16F3N5O2. The van der Waals surface area contributed by atoms with Crippen LogP contribution in [0.3, 0.4) is 0 Å². The maximum Gasteiger partial charge on any atom is 0.573 e. The Hall–Kier alpha value is -3.04. The third-order valence-corrected chi connectivity index (χ3v) is 3.67. The molecule has 0 spiro atoms. The summed E-state index contributed by atoms with van der Waals surface area (Å²) in [5.74, 6) is -0.215. The summed E-state index contributed by atoms with van der Waals surface area (Å²) < 4.78 is 41.0. The number of ether oxygens (including phenoxy) is 1. The standard InChI is InChI=1S/C16H16F3N5O2/c1-15(2)8-24(14(25)23-15)13-21-7-11(12(20)22-13)9-4-3-5-10(6-9)26-16(17,18)19/h3-7H,8H2,1-2H3,(H,23,25)(H2,20,21,22). The molecule has 0 unspecified atom stereocenters. The molecule has 10 heteroatoms. The van der Waals surface area contributed by atoms with E-state index in [1.807, 2.05) is 13.8 Å². The molecule has 7 nitrogen and oxygen atoms in total. The van der Waals surface area contributed by atoms with Crippen molar-refractivity contribution in [3.63, 3.8) is 0 Å². The number of anilines is 2. The topological polar surface area (TPSA) is 93.4 Å². The van der Waals surface area contributed by atoms with Crippen LogP contribution in [0.15, 0.2) is 30.5 Å². The van der Waals surface area contributed by atoms with Gasteiger partial charge in [0.2, 0.25) is 5.95 Å². The Morgan fingerprint density at radius 1 is 1.35 bits per heavy atom. The van der Waals surface area contributed by atoms with Gasteiger partial charge in [0.25, 0.3) is 0 Å². The number of urea groups is 1. The van der Waals surface area contributed by atoms with Gasteiger partial charge in [-0.3, -0.25) is 4.90 Å². The van der Waals surface area contributed by atoms with Crippen LogP contribution in [-0.2, 0) is 0 Å². The molecule has 138 valence electrons. The predicted octanol–water partition coefficient (Wildman–Crippen LogP) is 2.93. The van der Waals surface area contributed by atoms with E-state index in [1.165, 1.54) is 29.3 Å². The van der Waals surface area contributed by atoms with Crippen molar-refractivity contribution in [2.45, 2.75) is 25.7 Å². The van der Waals surface area contributed by atoms with Crippen LogP contribution in [0.4, 0.5) is 29.7 Å². The highest BCUT2D eigenvalue weighted by molar-refractivity contribution is 5.93. The van der Waals surface area contributed by atoms with E-state index in [-0.39, 0.29) is 23.5 Å². The molecule has 1 aromatic carbocycles. The summed E-state index contributed by atoms with van der Waals surface area (Å²) in [6.07, 6.45) is -3.43. The van der Waals surface area contributed by atoms with Crippen LogP contribution in [-0.4, -0.2) is 34.4 Å². The smallest absolute Gasteiger partial charge is 0.406 e. The Balaban J connectivity index is 1.89. The van der Waals surface area contributed by atoms with E-state index in [2.05, 4.69) is 20.0 Å². The van der Waals surface area contributed by atoms with Gasteiger partial charge in [-0.25, -0.2) is 9.78 Å². The zero-order chi connectivity index (χ0) is 19.1. The van der Waals surface area contributed by atoms with Crippen molar-refractivity contribution in [2.24, 2.45) is 0 Å². The largest absolute Gasteiger partial charge is 0.573 e. The number of alkyl halides is 3. The molecular weight excluding hydrogens is 351 g/mol. The average molecular weight is 367 g/mol. The molecule has 26 heavy (non-hydrogen) atoms. The zero-order valence-electron chi connectivity index (χ0n) is 14.0. The van der Waals surface area contributed by atoms with Crippen LogP contribution >= 0.6 is 0 Å². The number of aromatic nitrogens is 2. The van der Waals surface area contributed by atoms with E-state index in [0.717, 1.165) is 0 Å². The minimum Gasteiger partial charge on any atom is -0.406 e. The molecule has 3 rings (SSSR count). The fourth-order valence-electron chi connectivity index (χ4n) is 2.62. The first-order valence-electron chi connectivity index (χ1n) is 7.62. The number of hydrogen-bond acceptors (Lipinski definition) is 5. The average Bonchev–Trinajstić information content (AvgIpc) is 2.78. The minimum absolute atomic E-state index is 0.0386. The number of nitrogens with two attached hydrogens (primary N) is 1. The summed E-state index contributed by atoms with van der Waals surface area (Å²) in [4.78, 5) is 21.6. The Kier molecular flexibility index (Phi) is 4.13. The molecule has 0 radical (unpaired) electrons. The van der Waals surface area contributed by atoms with Crippen LogP contribution in [0.1, 0.15) is 13.8 Å². The van der Waals surface area contributed by atoms with Crippen molar-refractivity contribution in [3.05, 3.63) is 30.5 Å². The van der Waals surface area contributed by atoms with Gasteiger partial charge < -0.3 is 15.8 Å². The van der Waals surface area contributed by atoms with Crippen molar-refractivity contribution in [3.8, 4) is 16.9 Å². The number of nitrogens with zero attached hydrogens (tertiary/aromatic N) is 3. The molecule has 2 aromatic rings. The quantitative estimate of drug-likeness (QED) is 0.870. The lowest BCUT2D eigenvalue weighted by atomic mass is 10.1. The highest BCUT2D eigenvalue weighted by Crippen LogP contribution is 2.31. The van der Waals surface area contributed by atoms with Gasteiger partial charge in [0, 0.05) is 11.8 Å². The summed E-state index contributed by atoms with van der Waals surface area (Å²) in [7, 11) is 0. The van der Waals surface area contributed by atoms with Crippen LogP contribution in [0.25, 0.3) is 11.1 Å². The normalized spacial score (nSPS) is 16.5. The van der Waals surface area contributed by atoms with Gasteiger partial charge in [0.1, 0.15) is 11.6 Å². The number of halogens is 3. The molecule has 0 atom stereocenters. The number of nitrogen functional groups attached to an aromatic ring is 1. The molecule has 2 amide bonds. The fourth-order valence-corrected chi connectivity index (χ4v) is 2.62. The van der Waals surface area contributed by atoms with Gasteiger partial charge in [0.15, 0.2) is 0 Å². The van der Waals surface area contributed by atoms with Gasteiger partial charge in [-0.2, -0.15) is 4.98 Å². The summed E-state index contributed by atoms with van der Waals surface area (Å²) in [6, 6.07) is 4.99. The number of nitrogens with one attached hydrogen (secondary N) is 1. The fraction of sp³-hybridized carbons (Fsp3) is 0.312. The number of amides is 2. The monoisotopic (exact) mass is 367 g/mol. The molecule has 1 aliphatic rings. The van der Waals surface area contributed by atoms with Gasteiger partial charge in [-0.15, -0.1) is 13.2 Å². The lowest BCUT2D eigenvalue weighted by molar-refractivity contribution is -0.274. The molecule has 0 aliphatic carbocycles. The van der Waals surface area contributed by atoms with E-state index in [9.17, 15) is 18.0 Å². The second-order valence-corrected chi connectivity index (χ2v) is 6.44. The van der Waals surface area contributed by atoms with Crippen LogP contribution in [0, 0.1) is 0 Å². The number of carbonyl (C=O) groups excluding carboxylic acids is 1. The third kappa shape index (κ3) is 3.79. The van der Waals surface area contributed by atoms with Crippen molar-refractivity contribution in [1.29, 1.82) is 0 Å². The third-order valence-electron chi connectivity index (χ3n) is 3.67. The van der Waals surface area contributed by atoms with Crippen molar-refractivity contribution >= 4 is 17.8 Å². The van der Waals surface area contributed by atoms with Gasteiger partial charge >= 0.3 is 12.4 Å². The molecule has 1 aromatic heterocycles. The highest BCUT2D eigenvalue weighted by Gasteiger charge is 2.37. The molecule has 0 bridgehead atoms. The van der Waals surface area contributed by atoms with E-state index in [4.69, 9.17) is 5.73 Å². The SMILES string of the molecule is CC1(C)CN(c2ncc(-c3cccc(OC(F)(F)F)c3)c(N)n2)C(=O)N1. The Morgan fingerprint density at radius 2 is 2.08 bits per heavy atom. The maximum absolute atomic E-state index is 12.4. The second-order valence-electron chi connectivity index (χ2n) is 6.44. The van der Waals surface area contributed by atoms with E-state index >= 15 is 0 Å².